The number of amidine groups is 1. The lowest BCUT2D eigenvalue weighted by Crippen LogP contribution is -2.42. The first-order chi connectivity index (χ1) is 14.8. The number of halogens is 1. The molecule has 178 valence electrons. The molecule has 0 amide bonds. The molecule has 0 bridgehead atoms. The van der Waals surface area contributed by atoms with Crippen LogP contribution in [0.15, 0.2) is 57.3 Å². The summed E-state index contributed by atoms with van der Waals surface area (Å²) in [4.78, 5) is 14.1. The van der Waals surface area contributed by atoms with Crippen molar-refractivity contribution in [2.75, 3.05) is 11.1 Å². The maximum atomic E-state index is 13.9. The van der Waals surface area contributed by atoms with E-state index >= 15 is 0 Å². The molecule has 1 aliphatic carbocycles. The van der Waals surface area contributed by atoms with Crippen LogP contribution in [0.1, 0.15) is 51.7 Å². The van der Waals surface area contributed by atoms with Gasteiger partial charge in [-0.15, -0.1) is 16.8 Å². The standard InChI is InChI=1S/C24H29N3O4S.ClH/c1-23(2,3)11-12-24(4)16-8-6-5-7-15(16)20(28)19(21(24)29)22-26-17-10-9-14(25)13-18(17)32(30,31)27-22;/h5-10,13,28,30-31H,11-12,25H2,1-4H3,(H,26,27);1H/t24-;/m1./s1. The Morgan fingerprint density at radius 2 is 1.82 bits per heavy atom. The second-order valence-corrected chi connectivity index (χ2v) is 11.5. The third-order valence-corrected chi connectivity index (χ3v) is 7.49. The Morgan fingerprint density at radius 3 is 2.48 bits per heavy atom. The first-order valence-corrected chi connectivity index (χ1v) is 12.0. The van der Waals surface area contributed by atoms with Gasteiger partial charge < -0.3 is 16.2 Å². The van der Waals surface area contributed by atoms with Crippen molar-refractivity contribution in [2.45, 2.75) is 50.8 Å². The zero-order valence-electron chi connectivity index (χ0n) is 19.0. The molecule has 0 unspecified atom stereocenters. The number of nitrogens with one attached hydrogen (secondary N) is 1. The summed E-state index contributed by atoms with van der Waals surface area (Å²) in [5.74, 6) is -0.585. The quantitative estimate of drug-likeness (QED) is 0.326. The van der Waals surface area contributed by atoms with Crippen LogP contribution in [0.2, 0.25) is 0 Å². The summed E-state index contributed by atoms with van der Waals surface area (Å²) in [6.07, 6.45) is 1.36. The molecule has 1 aliphatic heterocycles. The highest BCUT2D eigenvalue weighted by Crippen LogP contribution is 2.56. The average Bonchev–Trinajstić information content (AvgIpc) is 2.71. The van der Waals surface area contributed by atoms with Gasteiger partial charge in [0.15, 0.2) is 11.6 Å². The molecule has 0 radical (unpaired) electrons. The van der Waals surface area contributed by atoms with Gasteiger partial charge in [-0.25, -0.2) is 0 Å². The first-order valence-electron chi connectivity index (χ1n) is 10.5. The van der Waals surface area contributed by atoms with Crippen molar-refractivity contribution in [3.8, 4) is 0 Å². The molecule has 2 aromatic carbocycles. The molecule has 0 saturated carbocycles. The van der Waals surface area contributed by atoms with E-state index in [0.717, 1.165) is 12.0 Å². The summed E-state index contributed by atoms with van der Waals surface area (Å²) in [7, 11) is -3.61. The number of hydrogen-bond acceptors (Lipinski definition) is 7. The molecule has 2 aliphatic rings. The number of hydrogen-bond donors (Lipinski definition) is 5. The number of nitrogens with two attached hydrogens (primary N) is 1. The van der Waals surface area contributed by atoms with Crippen molar-refractivity contribution in [1.29, 1.82) is 0 Å². The maximum absolute atomic E-state index is 13.9. The summed E-state index contributed by atoms with van der Waals surface area (Å²) >= 11 is 0. The summed E-state index contributed by atoms with van der Waals surface area (Å²) in [5, 5.41) is 14.1. The summed E-state index contributed by atoms with van der Waals surface area (Å²) in [6.45, 7) is 8.24. The zero-order valence-corrected chi connectivity index (χ0v) is 20.7. The van der Waals surface area contributed by atoms with Crippen LogP contribution < -0.4 is 11.1 Å². The van der Waals surface area contributed by atoms with Gasteiger partial charge in [0.25, 0.3) is 0 Å². The first kappa shape index (κ1) is 25.1. The van der Waals surface area contributed by atoms with E-state index in [2.05, 4.69) is 30.5 Å². The van der Waals surface area contributed by atoms with E-state index in [0.29, 0.717) is 23.4 Å². The number of aliphatic hydroxyl groups excluding tert-OH is 1. The van der Waals surface area contributed by atoms with Gasteiger partial charge in [0.05, 0.1) is 11.1 Å². The van der Waals surface area contributed by atoms with Crippen molar-refractivity contribution in [2.24, 2.45) is 9.81 Å². The Balaban J connectivity index is 0.00000306. The van der Waals surface area contributed by atoms with E-state index in [9.17, 15) is 19.0 Å². The molecule has 0 fully saturated rings. The number of Topliss-reactive ketones (excluding diaryl/α,β-unsaturated/α-hetero) is 1. The van der Waals surface area contributed by atoms with Crippen molar-refractivity contribution < 1.29 is 19.0 Å². The molecule has 9 heteroatoms. The Labute approximate surface area is 201 Å². The fourth-order valence-corrected chi connectivity index (χ4v) is 5.41. The highest BCUT2D eigenvalue weighted by atomic mass is 35.5. The molecule has 0 spiro atoms. The van der Waals surface area contributed by atoms with Gasteiger partial charge in [0, 0.05) is 11.3 Å². The second-order valence-electron chi connectivity index (χ2n) is 9.83. The van der Waals surface area contributed by atoms with Gasteiger partial charge in [-0.3, -0.25) is 13.9 Å². The minimum Gasteiger partial charge on any atom is -0.506 e. The molecule has 2 aromatic rings. The largest absolute Gasteiger partial charge is 0.506 e. The molecule has 6 N–H and O–H groups in total. The van der Waals surface area contributed by atoms with Gasteiger partial charge in [-0.1, -0.05) is 55.8 Å². The van der Waals surface area contributed by atoms with Crippen LogP contribution in [0.5, 0.6) is 0 Å². The Kier molecular flexibility index (Phi) is 6.36. The highest BCUT2D eigenvalue weighted by Gasteiger charge is 2.46. The van der Waals surface area contributed by atoms with Gasteiger partial charge in [0.2, 0.25) is 0 Å². The lowest BCUT2D eigenvalue weighted by Gasteiger charge is -2.39. The Hall–Kier alpha value is -2.52. The van der Waals surface area contributed by atoms with E-state index in [1.54, 1.807) is 24.3 Å². The van der Waals surface area contributed by atoms with Gasteiger partial charge in [-0.05, 0) is 48.9 Å². The SMILES string of the molecule is CC(C)(C)CC[C@@]1(C)C(=O)C(C2=NS(O)(O)c3cc(N)ccc3N2)=C(O)c2ccccc21.Cl. The zero-order chi connectivity index (χ0) is 23.5. The monoisotopic (exact) mass is 491 g/mol. The lowest BCUT2D eigenvalue weighted by molar-refractivity contribution is -0.120. The van der Waals surface area contributed by atoms with Crippen LogP contribution in [-0.2, 0) is 10.2 Å². The predicted octanol–water partition coefficient (Wildman–Crippen LogP) is 6.18. The van der Waals surface area contributed by atoms with Gasteiger partial charge >= 0.3 is 0 Å². The number of rotatable bonds is 3. The predicted molar refractivity (Wildman–Crippen MR) is 137 cm³/mol. The number of carbonyl (C=O) groups is 1. The van der Waals surface area contributed by atoms with Crippen LogP contribution >= 0.6 is 23.2 Å². The molecule has 7 nitrogen and oxygen atoms in total. The average molecular weight is 492 g/mol. The maximum Gasteiger partial charge on any atom is 0.180 e. The van der Waals surface area contributed by atoms with Crippen molar-refractivity contribution in [3.05, 3.63) is 59.2 Å². The smallest absolute Gasteiger partial charge is 0.180 e. The second kappa shape index (κ2) is 8.36. The van der Waals surface area contributed by atoms with Crippen molar-refractivity contribution in [3.63, 3.8) is 0 Å². The normalized spacial score (nSPS) is 22.4. The fourth-order valence-electron chi connectivity index (χ4n) is 4.21. The number of benzene rings is 2. The number of carbonyl (C=O) groups excluding carboxylic acids is 1. The fraction of sp³-hybridized carbons (Fsp3) is 0.333. The van der Waals surface area contributed by atoms with E-state index in [1.165, 1.54) is 6.07 Å². The van der Waals surface area contributed by atoms with Gasteiger partial charge in [-0.2, -0.15) is 0 Å². The van der Waals surface area contributed by atoms with E-state index in [1.807, 2.05) is 19.1 Å². The Morgan fingerprint density at radius 1 is 1.15 bits per heavy atom. The molecular formula is C24H30ClN3O4S. The minimum atomic E-state index is -3.61. The molecular weight excluding hydrogens is 462 g/mol. The van der Waals surface area contributed by atoms with E-state index in [-0.39, 0.29) is 45.7 Å². The third kappa shape index (κ3) is 4.36. The van der Waals surface area contributed by atoms with E-state index < -0.39 is 16.2 Å². The van der Waals surface area contributed by atoms with Crippen LogP contribution in [0, 0.1) is 5.41 Å². The molecule has 33 heavy (non-hydrogen) atoms. The van der Waals surface area contributed by atoms with Gasteiger partial charge in [0.1, 0.15) is 16.2 Å². The highest BCUT2D eigenvalue weighted by molar-refractivity contribution is 8.23. The summed E-state index contributed by atoms with van der Waals surface area (Å²) in [6, 6.07) is 11.9. The van der Waals surface area contributed by atoms with Crippen LogP contribution in [0.3, 0.4) is 0 Å². The number of anilines is 2. The molecule has 1 atom stereocenters. The van der Waals surface area contributed by atoms with Crippen LogP contribution in [0.4, 0.5) is 11.4 Å². The number of fused-ring (bicyclic) bond motifs is 2. The molecule has 4 rings (SSSR count). The minimum absolute atomic E-state index is 0. The van der Waals surface area contributed by atoms with Crippen molar-refractivity contribution >= 4 is 51.9 Å². The molecule has 0 aromatic heterocycles. The third-order valence-electron chi connectivity index (χ3n) is 6.13. The topological polar surface area (TPSA) is 128 Å². The summed E-state index contributed by atoms with van der Waals surface area (Å²) in [5.41, 5.74) is 6.91. The molecule has 0 saturated heterocycles. The Bertz CT molecular complexity index is 1190. The lowest BCUT2D eigenvalue weighted by atomic mass is 9.65. The molecule has 1 heterocycles. The summed E-state index contributed by atoms with van der Waals surface area (Å²) < 4.78 is 25.5. The number of aliphatic hydroxyl groups is 1. The number of nitrogen functional groups attached to an aromatic ring is 1. The van der Waals surface area contributed by atoms with Crippen LogP contribution in [-0.4, -0.2) is 25.8 Å². The number of ketones is 1. The van der Waals surface area contributed by atoms with Crippen LogP contribution in [0.25, 0.3) is 5.76 Å². The van der Waals surface area contributed by atoms with E-state index in [4.69, 9.17) is 5.73 Å². The number of nitrogens with zero attached hydrogens (tertiary/aromatic N) is 1. The van der Waals surface area contributed by atoms with Crippen molar-refractivity contribution in [1.82, 2.24) is 0 Å².